The Hall–Kier alpha value is -2.96. The van der Waals surface area contributed by atoms with Crippen LogP contribution >= 0.6 is 0 Å². The highest BCUT2D eigenvalue weighted by molar-refractivity contribution is 6.35. The molecule has 1 heterocycles. The summed E-state index contributed by atoms with van der Waals surface area (Å²) in [5.74, 6) is -1.77. The van der Waals surface area contributed by atoms with Crippen LogP contribution in [0, 0.1) is 19.7 Å². The van der Waals surface area contributed by atoms with Crippen molar-refractivity contribution >= 4 is 18.0 Å². The smallest absolute Gasteiger partial charge is 0.329 e. The van der Waals surface area contributed by atoms with Gasteiger partial charge in [0.1, 0.15) is 5.82 Å². The number of aryl methyl sites for hydroxylation is 1. The van der Waals surface area contributed by atoms with Crippen molar-refractivity contribution in [2.75, 3.05) is 0 Å². The zero-order valence-electron chi connectivity index (χ0n) is 16.2. The molecule has 148 valence electrons. The van der Waals surface area contributed by atoms with E-state index < -0.39 is 11.8 Å². The maximum Gasteiger partial charge on any atom is 0.329 e. The molecule has 1 aromatic heterocycles. The minimum absolute atomic E-state index is 0.0654. The van der Waals surface area contributed by atoms with E-state index in [1.165, 1.54) is 18.7 Å². The molecule has 1 aliphatic carbocycles. The maximum atomic E-state index is 14.1. The van der Waals surface area contributed by atoms with Gasteiger partial charge in [0.15, 0.2) is 0 Å². The molecule has 7 heteroatoms. The normalized spacial score (nSPS) is 15.0. The van der Waals surface area contributed by atoms with Crippen LogP contribution in [0.2, 0.25) is 0 Å². The SMILES string of the molecule is Cc1cc(/C=N\NC(=O)C(=O)NC2CCCCC2)c(C)n1-c1ccccc1F. The van der Waals surface area contributed by atoms with E-state index in [-0.39, 0.29) is 11.9 Å². The van der Waals surface area contributed by atoms with Gasteiger partial charge in [0.2, 0.25) is 0 Å². The van der Waals surface area contributed by atoms with Crippen LogP contribution in [-0.2, 0) is 9.59 Å². The van der Waals surface area contributed by atoms with E-state index in [9.17, 15) is 14.0 Å². The Balaban J connectivity index is 1.64. The molecule has 0 spiro atoms. The van der Waals surface area contributed by atoms with Gasteiger partial charge in [-0.15, -0.1) is 0 Å². The summed E-state index contributed by atoms with van der Waals surface area (Å²) in [6.07, 6.45) is 6.60. The molecule has 6 nitrogen and oxygen atoms in total. The lowest BCUT2D eigenvalue weighted by Crippen LogP contribution is -2.44. The molecule has 0 unspecified atom stereocenters. The van der Waals surface area contributed by atoms with Crippen molar-refractivity contribution < 1.29 is 14.0 Å². The third kappa shape index (κ3) is 4.47. The van der Waals surface area contributed by atoms with Crippen LogP contribution in [0.3, 0.4) is 0 Å². The summed E-state index contributed by atoms with van der Waals surface area (Å²) in [5.41, 5.74) is 5.07. The van der Waals surface area contributed by atoms with Gasteiger partial charge in [0, 0.05) is 23.0 Å². The molecule has 1 saturated carbocycles. The third-order valence-corrected chi connectivity index (χ3v) is 5.08. The molecule has 0 saturated heterocycles. The summed E-state index contributed by atoms with van der Waals surface area (Å²) < 4.78 is 15.9. The number of rotatable bonds is 4. The lowest BCUT2D eigenvalue weighted by Gasteiger charge is -2.22. The maximum absolute atomic E-state index is 14.1. The zero-order valence-corrected chi connectivity index (χ0v) is 16.2. The second kappa shape index (κ2) is 8.82. The first kappa shape index (κ1) is 19.8. The number of carbonyl (C=O) groups is 2. The van der Waals surface area contributed by atoms with Crippen molar-refractivity contribution in [3.8, 4) is 5.69 Å². The number of carbonyl (C=O) groups excluding carboxylic acids is 2. The Bertz CT molecular complexity index is 898. The lowest BCUT2D eigenvalue weighted by molar-refractivity contribution is -0.139. The van der Waals surface area contributed by atoms with Crippen molar-refractivity contribution in [1.29, 1.82) is 0 Å². The molecule has 0 bridgehead atoms. The van der Waals surface area contributed by atoms with Gasteiger partial charge in [-0.2, -0.15) is 5.10 Å². The Kier molecular flexibility index (Phi) is 6.23. The number of para-hydroxylation sites is 1. The zero-order chi connectivity index (χ0) is 20.1. The fourth-order valence-corrected chi connectivity index (χ4v) is 3.63. The van der Waals surface area contributed by atoms with Crippen LogP contribution in [0.25, 0.3) is 5.69 Å². The van der Waals surface area contributed by atoms with Crippen LogP contribution in [0.15, 0.2) is 35.4 Å². The summed E-state index contributed by atoms with van der Waals surface area (Å²) in [4.78, 5) is 23.9. The van der Waals surface area contributed by atoms with Crippen molar-refractivity contribution in [1.82, 2.24) is 15.3 Å². The molecule has 28 heavy (non-hydrogen) atoms. The minimum atomic E-state index is -0.787. The number of hydrazone groups is 1. The fourth-order valence-electron chi connectivity index (χ4n) is 3.63. The van der Waals surface area contributed by atoms with E-state index in [4.69, 9.17) is 0 Å². The lowest BCUT2D eigenvalue weighted by atomic mass is 9.95. The van der Waals surface area contributed by atoms with Crippen LogP contribution in [-0.4, -0.2) is 28.6 Å². The van der Waals surface area contributed by atoms with Crippen molar-refractivity contribution in [3.05, 3.63) is 53.1 Å². The molecule has 2 aromatic rings. The molecule has 1 aliphatic rings. The van der Waals surface area contributed by atoms with E-state index >= 15 is 0 Å². The first-order valence-corrected chi connectivity index (χ1v) is 9.55. The second-order valence-corrected chi connectivity index (χ2v) is 7.12. The number of halogens is 1. The van der Waals surface area contributed by atoms with Crippen molar-refractivity contribution in [2.24, 2.45) is 5.10 Å². The van der Waals surface area contributed by atoms with E-state index in [0.29, 0.717) is 5.69 Å². The van der Waals surface area contributed by atoms with Gasteiger partial charge in [0.25, 0.3) is 0 Å². The highest BCUT2D eigenvalue weighted by Gasteiger charge is 2.20. The number of benzene rings is 1. The fraction of sp³-hybridized carbons (Fsp3) is 0.381. The van der Waals surface area contributed by atoms with Crippen LogP contribution in [0.5, 0.6) is 0 Å². The monoisotopic (exact) mass is 384 g/mol. The van der Waals surface area contributed by atoms with Crippen molar-refractivity contribution in [2.45, 2.75) is 52.0 Å². The van der Waals surface area contributed by atoms with Crippen LogP contribution in [0.1, 0.15) is 49.1 Å². The Labute approximate surface area is 163 Å². The van der Waals surface area contributed by atoms with Gasteiger partial charge in [0.05, 0.1) is 11.9 Å². The molecule has 1 fully saturated rings. The topological polar surface area (TPSA) is 75.5 Å². The minimum Gasteiger partial charge on any atom is -0.345 e. The van der Waals surface area contributed by atoms with E-state index in [1.54, 1.807) is 22.8 Å². The predicted octanol–water partition coefficient (Wildman–Crippen LogP) is 3.13. The van der Waals surface area contributed by atoms with E-state index in [1.807, 2.05) is 19.9 Å². The molecule has 0 atom stereocenters. The quantitative estimate of drug-likeness (QED) is 0.483. The molecule has 2 amide bonds. The molecular formula is C21H25FN4O2. The summed E-state index contributed by atoms with van der Waals surface area (Å²) >= 11 is 0. The number of aromatic nitrogens is 1. The van der Waals surface area contributed by atoms with Gasteiger partial charge in [-0.3, -0.25) is 9.59 Å². The van der Waals surface area contributed by atoms with E-state index in [0.717, 1.165) is 42.6 Å². The Morgan fingerprint density at radius 1 is 1.14 bits per heavy atom. The standard InChI is InChI=1S/C21H25FN4O2/c1-14-12-16(15(2)26(14)19-11-7-6-10-18(19)22)13-23-25-21(28)20(27)24-17-8-4-3-5-9-17/h6-7,10-13,17H,3-5,8-9H2,1-2H3,(H,24,27)(H,25,28)/b23-13-. The Morgan fingerprint density at radius 2 is 1.86 bits per heavy atom. The number of hydrogen-bond donors (Lipinski definition) is 2. The first-order chi connectivity index (χ1) is 13.5. The number of amides is 2. The molecule has 0 radical (unpaired) electrons. The van der Waals surface area contributed by atoms with Crippen LogP contribution < -0.4 is 10.7 Å². The summed E-state index contributed by atoms with van der Waals surface area (Å²) in [7, 11) is 0. The molecular weight excluding hydrogens is 359 g/mol. The highest BCUT2D eigenvalue weighted by Crippen LogP contribution is 2.22. The average Bonchev–Trinajstić information content (AvgIpc) is 2.96. The third-order valence-electron chi connectivity index (χ3n) is 5.08. The highest BCUT2D eigenvalue weighted by atomic mass is 19.1. The summed E-state index contributed by atoms with van der Waals surface area (Å²) in [6, 6.07) is 8.44. The first-order valence-electron chi connectivity index (χ1n) is 9.55. The number of nitrogens with one attached hydrogen (secondary N) is 2. The van der Waals surface area contributed by atoms with Crippen LogP contribution in [0.4, 0.5) is 4.39 Å². The summed E-state index contributed by atoms with van der Waals surface area (Å²) in [5, 5.41) is 6.64. The summed E-state index contributed by atoms with van der Waals surface area (Å²) in [6.45, 7) is 3.71. The largest absolute Gasteiger partial charge is 0.345 e. The number of hydrogen-bond acceptors (Lipinski definition) is 3. The van der Waals surface area contributed by atoms with Gasteiger partial charge in [-0.25, -0.2) is 9.82 Å². The van der Waals surface area contributed by atoms with Gasteiger partial charge >= 0.3 is 11.8 Å². The Morgan fingerprint density at radius 3 is 2.57 bits per heavy atom. The number of nitrogens with zero attached hydrogens (tertiary/aromatic N) is 2. The average molecular weight is 384 g/mol. The van der Waals surface area contributed by atoms with Gasteiger partial charge < -0.3 is 9.88 Å². The molecule has 0 aliphatic heterocycles. The van der Waals surface area contributed by atoms with Gasteiger partial charge in [-0.05, 0) is 44.9 Å². The predicted molar refractivity (Wildman–Crippen MR) is 106 cm³/mol. The van der Waals surface area contributed by atoms with E-state index in [2.05, 4.69) is 15.8 Å². The molecule has 1 aromatic carbocycles. The van der Waals surface area contributed by atoms with Crippen molar-refractivity contribution in [3.63, 3.8) is 0 Å². The second-order valence-electron chi connectivity index (χ2n) is 7.12. The molecule has 3 rings (SSSR count). The van der Waals surface area contributed by atoms with Gasteiger partial charge in [-0.1, -0.05) is 31.4 Å². The molecule has 2 N–H and O–H groups in total.